The summed E-state index contributed by atoms with van der Waals surface area (Å²) < 4.78 is 23.1. The number of hydrogen-bond donors (Lipinski definition) is 0. The molecule has 0 radical (unpaired) electrons. The molecule has 0 bridgehead atoms. The van der Waals surface area contributed by atoms with Crippen molar-refractivity contribution in [2.24, 2.45) is 5.92 Å². The van der Waals surface area contributed by atoms with Crippen LogP contribution in [0.25, 0.3) is 0 Å². The normalized spacial score (nSPS) is 40.1. The third kappa shape index (κ3) is 2.98. The first kappa shape index (κ1) is 13.3. The Hall–Kier alpha value is -0.180. The van der Waals surface area contributed by atoms with Crippen molar-refractivity contribution in [2.45, 2.75) is 64.6 Å². The van der Waals surface area contributed by atoms with E-state index >= 15 is 0 Å². The summed E-state index contributed by atoms with van der Waals surface area (Å²) in [5, 5.41) is 0. The van der Waals surface area contributed by atoms with Crippen LogP contribution in [0.4, 0.5) is 0 Å². The highest BCUT2D eigenvalue weighted by atomic mass is 31.2. The molecule has 98 valence electrons. The fourth-order valence-corrected chi connectivity index (χ4v) is 4.81. The van der Waals surface area contributed by atoms with Gasteiger partial charge in [0.1, 0.15) is 0 Å². The lowest BCUT2D eigenvalue weighted by Gasteiger charge is -2.33. The minimum atomic E-state index is -3.52. The number of carbonyl (C=O) groups excluding carboxylic acids is 1. The first-order valence-corrected chi connectivity index (χ1v) is 8.07. The van der Waals surface area contributed by atoms with Gasteiger partial charge in [0.05, 0.1) is 12.2 Å². The molecule has 1 saturated carbocycles. The van der Waals surface area contributed by atoms with E-state index in [0.717, 1.165) is 25.7 Å². The Morgan fingerprint density at radius 2 is 1.59 bits per heavy atom. The van der Waals surface area contributed by atoms with E-state index in [2.05, 4.69) is 0 Å². The Balaban J connectivity index is 2.08. The molecule has 1 saturated heterocycles. The molecular formula is C12H21O4P. The monoisotopic (exact) mass is 260 g/mol. The maximum atomic E-state index is 12.5. The summed E-state index contributed by atoms with van der Waals surface area (Å²) in [6, 6.07) is 0. The Kier molecular flexibility index (Phi) is 4.06. The Morgan fingerprint density at radius 3 is 2.12 bits per heavy atom. The second-order valence-corrected chi connectivity index (χ2v) is 7.10. The van der Waals surface area contributed by atoms with Gasteiger partial charge in [0.25, 0.3) is 0 Å². The van der Waals surface area contributed by atoms with Crippen molar-refractivity contribution in [2.75, 3.05) is 0 Å². The van der Waals surface area contributed by atoms with Gasteiger partial charge in [0.2, 0.25) is 5.52 Å². The van der Waals surface area contributed by atoms with E-state index in [9.17, 15) is 9.36 Å². The first-order valence-electron chi connectivity index (χ1n) is 6.52. The molecule has 0 N–H and O–H groups in total. The van der Waals surface area contributed by atoms with Gasteiger partial charge >= 0.3 is 7.60 Å². The van der Waals surface area contributed by atoms with Gasteiger partial charge in [-0.05, 0) is 26.7 Å². The molecule has 2 aliphatic rings. The lowest BCUT2D eigenvalue weighted by atomic mass is 9.90. The molecule has 1 heterocycles. The van der Waals surface area contributed by atoms with Crippen LogP contribution in [-0.2, 0) is 18.4 Å². The summed E-state index contributed by atoms with van der Waals surface area (Å²) in [6.45, 7) is 3.69. The molecule has 0 amide bonds. The SMILES string of the molecule is CC1CC(C)OP(=O)(C(=O)C2CCCCC2)O1. The fourth-order valence-electron chi connectivity index (χ4n) is 2.73. The molecule has 2 atom stereocenters. The number of hydrogen-bond acceptors (Lipinski definition) is 4. The van der Waals surface area contributed by atoms with E-state index in [1.807, 2.05) is 13.8 Å². The molecule has 0 aromatic heterocycles. The zero-order chi connectivity index (χ0) is 12.5. The second kappa shape index (κ2) is 5.21. The lowest BCUT2D eigenvalue weighted by Crippen LogP contribution is -2.29. The predicted molar refractivity (Wildman–Crippen MR) is 64.9 cm³/mol. The van der Waals surface area contributed by atoms with Gasteiger partial charge in [-0.25, -0.2) is 0 Å². The van der Waals surface area contributed by atoms with Crippen LogP contribution < -0.4 is 0 Å². The van der Waals surface area contributed by atoms with Gasteiger partial charge in [-0.1, -0.05) is 19.3 Å². The lowest BCUT2D eigenvalue weighted by molar-refractivity contribution is -0.120. The number of carbonyl (C=O) groups is 1. The largest absolute Gasteiger partial charge is 0.397 e. The zero-order valence-corrected chi connectivity index (χ0v) is 11.4. The van der Waals surface area contributed by atoms with Gasteiger partial charge < -0.3 is 9.05 Å². The Bertz CT molecular complexity index is 321. The maximum Gasteiger partial charge on any atom is 0.397 e. The molecule has 0 aromatic carbocycles. The van der Waals surface area contributed by atoms with Crippen molar-refractivity contribution < 1.29 is 18.4 Å². The van der Waals surface area contributed by atoms with Crippen molar-refractivity contribution in [1.29, 1.82) is 0 Å². The molecule has 0 aromatic rings. The minimum Gasteiger partial charge on any atom is -0.300 e. The molecule has 17 heavy (non-hydrogen) atoms. The van der Waals surface area contributed by atoms with E-state index in [4.69, 9.17) is 9.05 Å². The topological polar surface area (TPSA) is 52.6 Å². The van der Waals surface area contributed by atoms with E-state index in [0.29, 0.717) is 6.42 Å². The van der Waals surface area contributed by atoms with E-state index < -0.39 is 7.60 Å². The molecule has 2 fully saturated rings. The fraction of sp³-hybridized carbons (Fsp3) is 0.917. The summed E-state index contributed by atoms with van der Waals surface area (Å²) >= 11 is 0. The second-order valence-electron chi connectivity index (χ2n) is 5.24. The van der Waals surface area contributed by atoms with Crippen LogP contribution in [0, 0.1) is 5.92 Å². The van der Waals surface area contributed by atoms with Crippen LogP contribution in [0.3, 0.4) is 0 Å². The summed E-state index contributed by atoms with van der Waals surface area (Å²) in [4.78, 5) is 12.3. The average molecular weight is 260 g/mol. The van der Waals surface area contributed by atoms with Crippen molar-refractivity contribution in [3.05, 3.63) is 0 Å². The molecule has 4 nitrogen and oxygen atoms in total. The van der Waals surface area contributed by atoms with Gasteiger partial charge in [-0.3, -0.25) is 9.36 Å². The van der Waals surface area contributed by atoms with E-state index in [-0.39, 0.29) is 23.7 Å². The van der Waals surface area contributed by atoms with Crippen molar-refractivity contribution >= 4 is 13.1 Å². The van der Waals surface area contributed by atoms with E-state index in [1.165, 1.54) is 6.42 Å². The Labute approximate surface area is 103 Å². The van der Waals surface area contributed by atoms with Crippen LogP contribution in [0.2, 0.25) is 0 Å². The molecule has 2 unspecified atom stereocenters. The predicted octanol–water partition coefficient (Wildman–Crippen LogP) is 3.50. The number of rotatable bonds is 2. The molecule has 5 heteroatoms. The van der Waals surface area contributed by atoms with Crippen molar-refractivity contribution in [3.8, 4) is 0 Å². The molecule has 2 rings (SSSR count). The van der Waals surface area contributed by atoms with Gasteiger partial charge in [0.15, 0.2) is 0 Å². The van der Waals surface area contributed by atoms with Crippen LogP contribution >= 0.6 is 7.60 Å². The van der Waals surface area contributed by atoms with Gasteiger partial charge in [0, 0.05) is 12.3 Å². The third-order valence-corrected chi connectivity index (χ3v) is 5.71. The maximum absolute atomic E-state index is 12.5. The first-order chi connectivity index (χ1) is 8.01. The average Bonchev–Trinajstić information content (AvgIpc) is 2.27. The molecule has 0 spiro atoms. The molecule has 1 aliphatic heterocycles. The molecular weight excluding hydrogens is 239 g/mol. The summed E-state index contributed by atoms with van der Waals surface area (Å²) in [6.07, 6.45) is 5.30. The van der Waals surface area contributed by atoms with Gasteiger partial charge in [-0.2, -0.15) is 0 Å². The summed E-state index contributed by atoms with van der Waals surface area (Å²) in [7, 11) is -3.52. The highest BCUT2D eigenvalue weighted by molar-refractivity contribution is 7.71. The zero-order valence-electron chi connectivity index (χ0n) is 10.6. The van der Waals surface area contributed by atoms with Crippen molar-refractivity contribution in [3.63, 3.8) is 0 Å². The van der Waals surface area contributed by atoms with Crippen LogP contribution in [0.1, 0.15) is 52.4 Å². The molecule has 1 aliphatic carbocycles. The van der Waals surface area contributed by atoms with Gasteiger partial charge in [-0.15, -0.1) is 0 Å². The highest BCUT2D eigenvalue weighted by Gasteiger charge is 2.45. The third-order valence-electron chi connectivity index (χ3n) is 3.53. The van der Waals surface area contributed by atoms with E-state index in [1.54, 1.807) is 0 Å². The standard InChI is InChI=1S/C12H21O4P/c1-9-8-10(2)16-17(14,15-9)12(13)11-6-4-3-5-7-11/h9-11H,3-8H2,1-2H3. The highest BCUT2D eigenvalue weighted by Crippen LogP contribution is 2.57. The van der Waals surface area contributed by atoms with Crippen LogP contribution in [-0.4, -0.2) is 17.7 Å². The summed E-state index contributed by atoms with van der Waals surface area (Å²) in [5.41, 5.74) is -0.282. The quantitative estimate of drug-likeness (QED) is 0.713. The van der Waals surface area contributed by atoms with Crippen LogP contribution in [0.15, 0.2) is 0 Å². The Morgan fingerprint density at radius 1 is 1.06 bits per heavy atom. The van der Waals surface area contributed by atoms with Crippen molar-refractivity contribution in [1.82, 2.24) is 0 Å². The van der Waals surface area contributed by atoms with Crippen LogP contribution in [0.5, 0.6) is 0 Å². The minimum absolute atomic E-state index is 0.118. The smallest absolute Gasteiger partial charge is 0.300 e. The summed E-state index contributed by atoms with van der Waals surface area (Å²) in [5.74, 6) is -0.118.